The van der Waals surface area contributed by atoms with E-state index in [4.69, 9.17) is 9.47 Å². The maximum absolute atomic E-state index is 11.2. The van der Waals surface area contributed by atoms with E-state index >= 15 is 0 Å². The molecule has 1 atom stereocenters. The zero-order valence-electron chi connectivity index (χ0n) is 14.1. The Bertz CT molecular complexity index is 806. The molecule has 2 aromatic rings. The first kappa shape index (κ1) is 15.7. The summed E-state index contributed by atoms with van der Waals surface area (Å²) in [7, 11) is 1.65. The minimum atomic E-state index is -0.287. The Balaban J connectivity index is 1.55. The summed E-state index contributed by atoms with van der Waals surface area (Å²) in [6.07, 6.45) is 3.62. The van der Waals surface area contributed by atoms with Gasteiger partial charge in [0.15, 0.2) is 11.5 Å². The number of methoxy groups -OCH3 is 1. The van der Waals surface area contributed by atoms with Crippen molar-refractivity contribution in [2.24, 2.45) is 4.99 Å². The molecule has 0 saturated heterocycles. The lowest BCUT2D eigenvalue weighted by molar-refractivity contribution is 0.204. The Morgan fingerprint density at radius 1 is 1.08 bits per heavy atom. The lowest BCUT2D eigenvalue weighted by Crippen LogP contribution is -2.31. The third-order valence-electron chi connectivity index (χ3n) is 4.77. The number of carbonyl (C=O) groups excluding carboxylic acids is 1. The van der Waals surface area contributed by atoms with Crippen LogP contribution in [0.5, 0.6) is 11.5 Å². The van der Waals surface area contributed by atoms with Crippen LogP contribution in [0.1, 0.15) is 22.6 Å². The Morgan fingerprint density at radius 3 is 2.48 bits per heavy atom. The molecule has 1 unspecified atom stereocenters. The van der Waals surface area contributed by atoms with Crippen molar-refractivity contribution in [3.05, 3.63) is 59.2 Å². The second kappa shape index (κ2) is 6.59. The van der Waals surface area contributed by atoms with Crippen LogP contribution in [0, 0.1) is 0 Å². The van der Waals surface area contributed by atoms with Crippen LogP contribution in [0.15, 0.2) is 47.5 Å². The lowest BCUT2D eigenvalue weighted by atomic mass is 9.99. The fourth-order valence-electron chi connectivity index (χ4n) is 3.45. The van der Waals surface area contributed by atoms with Gasteiger partial charge in [0.2, 0.25) is 0 Å². The van der Waals surface area contributed by atoms with E-state index in [-0.39, 0.29) is 18.1 Å². The molecule has 5 nitrogen and oxygen atoms in total. The third kappa shape index (κ3) is 3.22. The number of hydrogen-bond acceptors (Lipinski definition) is 3. The van der Waals surface area contributed by atoms with Gasteiger partial charge in [-0.1, -0.05) is 30.3 Å². The van der Waals surface area contributed by atoms with E-state index in [1.807, 2.05) is 18.2 Å². The summed E-state index contributed by atoms with van der Waals surface area (Å²) in [6.45, 7) is 0.545. The highest BCUT2D eigenvalue weighted by molar-refractivity contribution is 5.89. The molecule has 4 rings (SSSR count). The number of hydrogen-bond donors (Lipinski definition) is 1. The summed E-state index contributed by atoms with van der Waals surface area (Å²) in [4.78, 5) is 15.0. The van der Waals surface area contributed by atoms with Gasteiger partial charge in [0.25, 0.3) is 0 Å². The Morgan fingerprint density at radius 2 is 1.84 bits per heavy atom. The van der Waals surface area contributed by atoms with E-state index < -0.39 is 0 Å². The Labute approximate surface area is 146 Å². The minimum Gasteiger partial charge on any atom is -0.493 e. The number of rotatable bonds is 4. The smallest absolute Gasteiger partial charge is 0.340 e. The minimum absolute atomic E-state index is 0.0479. The number of nitrogens with one attached hydrogen (secondary N) is 1. The zero-order valence-corrected chi connectivity index (χ0v) is 14.1. The van der Waals surface area contributed by atoms with Gasteiger partial charge in [-0.15, -0.1) is 0 Å². The first-order chi connectivity index (χ1) is 12.2. The van der Waals surface area contributed by atoms with Gasteiger partial charge in [-0.05, 0) is 28.8 Å². The number of ether oxygens (including phenoxy) is 2. The lowest BCUT2D eigenvalue weighted by Gasteiger charge is -2.20. The molecule has 0 fully saturated rings. The molecule has 0 radical (unpaired) electrons. The fraction of sp³-hybridized carbons (Fsp3) is 0.300. The largest absolute Gasteiger partial charge is 0.493 e. The average Bonchev–Trinajstić information content (AvgIpc) is 3.04. The van der Waals surface area contributed by atoms with E-state index in [9.17, 15) is 4.79 Å². The van der Waals surface area contributed by atoms with Crippen LogP contribution in [0.25, 0.3) is 0 Å². The van der Waals surface area contributed by atoms with Gasteiger partial charge in [-0.2, -0.15) is 0 Å². The van der Waals surface area contributed by atoms with Gasteiger partial charge < -0.3 is 14.8 Å². The number of benzene rings is 2. The van der Waals surface area contributed by atoms with Crippen molar-refractivity contribution in [1.29, 1.82) is 0 Å². The summed E-state index contributed by atoms with van der Waals surface area (Å²) in [5.41, 5.74) is 3.75. The second-order valence-corrected chi connectivity index (χ2v) is 6.40. The van der Waals surface area contributed by atoms with Crippen LogP contribution in [0.3, 0.4) is 0 Å². The molecule has 0 aromatic heterocycles. The van der Waals surface area contributed by atoms with Crippen molar-refractivity contribution >= 4 is 12.2 Å². The van der Waals surface area contributed by atoms with Crippen LogP contribution in [0.4, 0.5) is 4.79 Å². The number of urea groups is 1. The maximum Gasteiger partial charge on any atom is 0.340 e. The van der Waals surface area contributed by atoms with Crippen molar-refractivity contribution in [3.8, 4) is 11.5 Å². The molecule has 0 saturated carbocycles. The van der Waals surface area contributed by atoms with E-state index in [1.54, 1.807) is 13.3 Å². The molecule has 1 aliphatic heterocycles. The van der Waals surface area contributed by atoms with Crippen LogP contribution in [-0.4, -0.2) is 32.0 Å². The zero-order chi connectivity index (χ0) is 17.2. The number of fused-ring (bicyclic) bond motifs is 1. The Kier molecular flexibility index (Phi) is 4.14. The van der Waals surface area contributed by atoms with Gasteiger partial charge in [-0.25, -0.2) is 9.79 Å². The quantitative estimate of drug-likeness (QED) is 0.933. The fourth-order valence-corrected chi connectivity index (χ4v) is 3.45. The number of aliphatic imine (C=N–C) groups is 1. The summed E-state index contributed by atoms with van der Waals surface area (Å²) >= 11 is 0. The molecule has 25 heavy (non-hydrogen) atoms. The van der Waals surface area contributed by atoms with Crippen molar-refractivity contribution in [2.75, 3.05) is 13.7 Å². The monoisotopic (exact) mass is 336 g/mol. The van der Waals surface area contributed by atoms with Crippen LogP contribution < -0.4 is 14.8 Å². The van der Waals surface area contributed by atoms with Gasteiger partial charge in [0.05, 0.1) is 7.11 Å². The topological polar surface area (TPSA) is 59.9 Å². The Hall–Kier alpha value is -2.82. The van der Waals surface area contributed by atoms with Crippen LogP contribution >= 0.6 is 0 Å². The molecule has 2 aliphatic rings. The highest BCUT2D eigenvalue weighted by atomic mass is 16.5. The molecule has 1 heterocycles. The van der Waals surface area contributed by atoms with E-state index in [0.29, 0.717) is 6.54 Å². The predicted octanol–water partition coefficient (Wildman–Crippen LogP) is 3.12. The SMILES string of the molecule is COc1ccc(C2C=NC(=O)NC2)cc1OC1Cc2ccccc2C1. The highest BCUT2D eigenvalue weighted by Crippen LogP contribution is 2.34. The molecule has 128 valence electrons. The van der Waals surface area contributed by atoms with Crippen LogP contribution in [0.2, 0.25) is 0 Å². The molecule has 1 N–H and O–H groups in total. The van der Waals surface area contributed by atoms with Gasteiger partial charge in [-0.3, -0.25) is 0 Å². The van der Waals surface area contributed by atoms with Crippen LogP contribution in [-0.2, 0) is 12.8 Å². The van der Waals surface area contributed by atoms with Gasteiger partial charge >= 0.3 is 6.03 Å². The highest BCUT2D eigenvalue weighted by Gasteiger charge is 2.24. The molecule has 0 spiro atoms. The molecule has 2 aromatic carbocycles. The molecule has 0 bridgehead atoms. The molecule has 5 heteroatoms. The van der Waals surface area contributed by atoms with Crippen molar-refractivity contribution in [2.45, 2.75) is 24.9 Å². The number of nitrogens with zero attached hydrogens (tertiary/aromatic N) is 1. The molecular weight excluding hydrogens is 316 g/mol. The third-order valence-corrected chi connectivity index (χ3v) is 4.77. The van der Waals surface area contributed by atoms with Gasteiger partial charge in [0, 0.05) is 31.5 Å². The molecule has 1 aliphatic carbocycles. The van der Waals surface area contributed by atoms with Crippen molar-refractivity contribution < 1.29 is 14.3 Å². The number of carbonyl (C=O) groups is 1. The maximum atomic E-state index is 11.2. The first-order valence-corrected chi connectivity index (χ1v) is 8.46. The molecular formula is C20H20N2O3. The second-order valence-electron chi connectivity index (χ2n) is 6.40. The van der Waals surface area contributed by atoms with Gasteiger partial charge in [0.1, 0.15) is 6.10 Å². The predicted molar refractivity (Wildman–Crippen MR) is 95.9 cm³/mol. The normalized spacial score (nSPS) is 19.4. The summed E-state index contributed by atoms with van der Waals surface area (Å²) in [5.74, 6) is 1.51. The average molecular weight is 336 g/mol. The van der Waals surface area contributed by atoms with E-state index in [0.717, 1.165) is 29.9 Å². The van der Waals surface area contributed by atoms with Crippen molar-refractivity contribution in [3.63, 3.8) is 0 Å². The van der Waals surface area contributed by atoms with Crippen molar-refractivity contribution in [1.82, 2.24) is 5.32 Å². The number of amides is 2. The summed E-state index contributed by atoms with van der Waals surface area (Å²) in [5, 5.41) is 2.75. The summed E-state index contributed by atoms with van der Waals surface area (Å²) < 4.78 is 11.7. The summed E-state index contributed by atoms with van der Waals surface area (Å²) in [6, 6.07) is 14.1. The van der Waals surface area contributed by atoms with E-state index in [1.165, 1.54) is 11.1 Å². The standard InChI is InChI=1S/C20H20N2O3/c1-24-18-7-6-15(16-11-21-20(23)22-12-16)10-19(18)25-17-8-13-4-2-3-5-14(13)9-17/h2-7,10-11,16-17H,8-9,12H2,1H3,(H,22,23). The molecule has 2 amide bonds. The first-order valence-electron chi connectivity index (χ1n) is 8.46. The van der Waals surface area contributed by atoms with E-state index in [2.05, 4.69) is 34.6 Å².